The van der Waals surface area contributed by atoms with Crippen LogP contribution >= 0.6 is 0 Å². The molecular weight excluding hydrogens is 322 g/mol. The summed E-state index contributed by atoms with van der Waals surface area (Å²) < 4.78 is 17.0. The highest BCUT2D eigenvalue weighted by atomic mass is 32.2. The Morgan fingerprint density at radius 3 is 2.33 bits per heavy atom. The van der Waals surface area contributed by atoms with Gasteiger partial charge in [0.15, 0.2) is 0 Å². The van der Waals surface area contributed by atoms with Gasteiger partial charge in [-0.3, -0.25) is 9.11 Å². The van der Waals surface area contributed by atoms with E-state index in [9.17, 15) is 9.32 Å². The van der Waals surface area contributed by atoms with Crippen LogP contribution in [0.1, 0.15) is 18.5 Å². The van der Waals surface area contributed by atoms with E-state index in [0.29, 0.717) is 6.54 Å². The summed E-state index contributed by atoms with van der Waals surface area (Å²) in [5, 5.41) is 10.2. The molecule has 3 atom stereocenters. The number of aliphatic hydroxyl groups is 1. The molecule has 3 unspecified atom stereocenters. The monoisotopic (exact) mass is 347 g/mol. The summed E-state index contributed by atoms with van der Waals surface area (Å²) >= 11 is 0. The normalized spacial score (nSPS) is 15.0. The highest BCUT2D eigenvalue weighted by molar-refractivity contribution is 7.84. The van der Waals surface area contributed by atoms with Crippen LogP contribution in [0.25, 0.3) is 0 Å². The smallest absolute Gasteiger partial charge is 0.119 e. The molecule has 0 bridgehead atoms. The van der Waals surface area contributed by atoms with E-state index in [4.69, 9.17) is 4.74 Å². The molecule has 0 spiro atoms. The first-order valence-corrected chi connectivity index (χ1v) is 9.52. The Morgan fingerprint density at radius 1 is 1.12 bits per heavy atom. The standard InChI is InChI=1S/C19H25NO3S/c1-15(16-9-11-19(12-10-16)24(3)22)20(2)13-17(21)14-23-18-7-5-4-6-8-18/h4-12,15,17,21H,13-14H2,1-3H3. The van der Waals surface area contributed by atoms with E-state index >= 15 is 0 Å². The number of ether oxygens (including phenoxy) is 1. The molecule has 2 rings (SSSR count). The average Bonchev–Trinajstić information content (AvgIpc) is 2.60. The minimum atomic E-state index is -0.961. The summed E-state index contributed by atoms with van der Waals surface area (Å²) in [5.41, 5.74) is 1.13. The number of hydrogen-bond acceptors (Lipinski definition) is 4. The highest BCUT2D eigenvalue weighted by Gasteiger charge is 2.16. The zero-order valence-corrected chi connectivity index (χ0v) is 15.2. The lowest BCUT2D eigenvalue weighted by Gasteiger charge is -2.27. The van der Waals surface area contributed by atoms with Gasteiger partial charge in [0.25, 0.3) is 0 Å². The maximum atomic E-state index is 11.4. The molecule has 0 aliphatic rings. The molecule has 0 heterocycles. The molecule has 2 aromatic carbocycles. The van der Waals surface area contributed by atoms with Crippen LogP contribution in [0.2, 0.25) is 0 Å². The summed E-state index contributed by atoms with van der Waals surface area (Å²) in [4.78, 5) is 2.90. The maximum Gasteiger partial charge on any atom is 0.119 e. The molecule has 0 amide bonds. The summed E-state index contributed by atoms with van der Waals surface area (Å²) in [6.07, 6.45) is 1.10. The molecule has 0 fully saturated rings. The maximum absolute atomic E-state index is 11.4. The summed E-state index contributed by atoms with van der Waals surface area (Å²) in [6.45, 7) is 2.85. The second-order valence-corrected chi connectivity index (χ2v) is 7.30. The Kier molecular flexibility index (Phi) is 6.97. The number of aliphatic hydroxyl groups excluding tert-OH is 1. The van der Waals surface area contributed by atoms with E-state index in [-0.39, 0.29) is 12.6 Å². The molecule has 130 valence electrons. The van der Waals surface area contributed by atoms with Gasteiger partial charge in [-0.1, -0.05) is 30.3 Å². The molecule has 2 aromatic rings. The predicted molar refractivity (Wildman–Crippen MR) is 97.8 cm³/mol. The van der Waals surface area contributed by atoms with Crippen molar-refractivity contribution in [1.82, 2.24) is 4.90 Å². The molecule has 0 radical (unpaired) electrons. The molecule has 0 saturated carbocycles. The summed E-state index contributed by atoms with van der Waals surface area (Å²) in [5.74, 6) is 0.760. The fourth-order valence-corrected chi connectivity index (χ4v) is 2.96. The third kappa shape index (κ3) is 5.44. The molecule has 0 aliphatic carbocycles. The summed E-state index contributed by atoms with van der Waals surface area (Å²) in [7, 11) is 1.01. The van der Waals surface area contributed by atoms with Crippen molar-refractivity contribution in [3.63, 3.8) is 0 Å². The molecule has 1 N–H and O–H groups in total. The predicted octanol–water partition coefficient (Wildman–Crippen LogP) is 2.86. The van der Waals surface area contributed by atoms with Gasteiger partial charge in [-0.25, -0.2) is 0 Å². The van der Waals surface area contributed by atoms with Crippen LogP contribution in [0.3, 0.4) is 0 Å². The fraction of sp³-hybridized carbons (Fsp3) is 0.368. The number of rotatable bonds is 8. The van der Waals surface area contributed by atoms with Crippen molar-refractivity contribution in [3.05, 3.63) is 60.2 Å². The molecule has 0 aromatic heterocycles. The van der Waals surface area contributed by atoms with Gasteiger partial charge >= 0.3 is 0 Å². The number of nitrogens with zero attached hydrogens (tertiary/aromatic N) is 1. The van der Waals surface area contributed by atoms with Gasteiger partial charge in [0, 0.05) is 34.5 Å². The van der Waals surface area contributed by atoms with Crippen LogP contribution in [0.4, 0.5) is 0 Å². The van der Waals surface area contributed by atoms with Gasteiger partial charge in [-0.2, -0.15) is 0 Å². The van der Waals surface area contributed by atoms with Gasteiger partial charge in [0.05, 0.1) is 0 Å². The summed E-state index contributed by atoms with van der Waals surface area (Å²) in [6, 6.07) is 17.4. The van der Waals surface area contributed by atoms with E-state index in [1.165, 1.54) is 0 Å². The van der Waals surface area contributed by atoms with E-state index in [1.807, 2.05) is 61.6 Å². The van der Waals surface area contributed by atoms with Crippen LogP contribution in [0, 0.1) is 0 Å². The van der Waals surface area contributed by atoms with Crippen LogP contribution in [-0.4, -0.2) is 46.8 Å². The molecule has 4 nitrogen and oxygen atoms in total. The van der Waals surface area contributed by atoms with Crippen LogP contribution < -0.4 is 4.74 Å². The third-order valence-corrected chi connectivity index (χ3v) is 4.98. The Hall–Kier alpha value is -1.69. The zero-order valence-electron chi connectivity index (χ0n) is 14.4. The quantitative estimate of drug-likeness (QED) is 0.798. The van der Waals surface area contributed by atoms with Gasteiger partial charge < -0.3 is 9.84 Å². The van der Waals surface area contributed by atoms with Crippen molar-refractivity contribution in [2.24, 2.45) is 0 Å². The Balaban J connectivity index is 1.86. The van der Waals surface area contributed by atoms with Crippen molar-refractivity contribution in [2.45, 2.75) is 24.0 Å². The van der Waals surface area contributed by atoms with Crippen LogP contribution in [-0.2, 0) is 10.8 Å². The average molecular weight is 347 g/mol. The van der Waals surface area contributed by atoms with Gasteiger partial charge in [-0.05, 0) is 43.8 Å². The first-order chi connectivity index (χ1) is 11.5. The highest BCUT2D eigenvalue weighted by Crippen LogP contribution is 2.20. The fourth-order valence-electron chi connectivity index (χ4n) is 2.44. The number of hydrogen-bond donors (Lipinski definition) is 1. The van der Waals surface area contributed by atoms with Crippen molar-refractivity contribution in [2.75, 3.05) is 26.5 Å². The van der Waals surface area contributed by atoms with Crippen molar-refractivity contribution in [1.29, 1.82) is 0 Å². The Bertz CT molecular complexity index is 645. The Morgan fingerprint density at radius 2 is 1.75 bits per heavy atom. The largest absolute Gasteiger partial charge is 0.491 e. The molecular formula is C19H25NO3S. The van der Waals surface area contributed by atoms with Gasteiger partial charge in [-0.15, -0.1) is 0 Å². The molecule has 0 saturated heterocycles. The second kappa shape index (κ2) is 8.97. The van der Waals surface area contributed by atoms with Crippen LogP contribution in [0.5, 0.6) is 5.75 Å². The van der Waals surface area contributed by atoms with Crippen molar-refractivity contribution in [3.8, 4) is 5.75 Å². The lowest BCUT2D eigenvalue weighted by molar-refractivity contribution is 0.0654. The van der Waals surface area contributed by atoms with Crippen molar-refractivity contribution < 1.29 is 14.1 Å². The lowest BCUT2D eigenvalue weighted by Crippen LogP contribution is -2.34. The SMILES string of the molecule is CC(c1ccc(S(C)=O)cc1)N(C)CC(O)COc1ccccc1. The van der Waals surface area contributed by atoms with E-state index in [1.54, 1.807) is 6.26 Å². The Labute approximate surface area is 146 Å². The number of para-hydroxylation sites is 1. The number of likely N-dealkylation sites (N-methyl/N-ethyl adjacent to an activating group) is 1. The first-order valence-electron chi connectivity index (χ1n) is 7.97. The minimum Gasteiger partial charge on any atom is -0.491 e. The number of benzene rings is 2. The van der Waals surface area contributed by atoms with Gasteiger partial charge in [0.1, 0.15) is 18.5 Å². The van der Waals surface area contributed by atoms with E-state index < -0.39 is 16.9 Å². The first kappa shape index (κ1) is 18.6. The minimum absolute atomic E-state index is 0.149. The van der Waals surface area contributed by atoms with Crippen molar-refractivity contribution >= 4 is 10.8 Å². The van der Waals surface area contributed by atoms with Gasteiger partial charge in [0.2, 0.25) is 0 Å². The topological polar surface area (TPSA) is 49.8 Å². The zero-order chi connectivity index (χ0) is 17.5. The second-order valence-electron chi connectivity index (χ2n) is 5.92. The van der Waals surface area contributed by atoms with E-state index in [2.05, 4.69) is 11.8 Å². The lowest BCUT2D eigenvalue weighted by atomic mass is 10.1. The van der Waals surface area contributed by atoms with E-state index in [0.717, 1.165) is 16.2 Å². The third-order valence-electron chi connectivity index (χ3n) is 4.04. The van der Waals surface area contributed by atoms with Crippen LogP contribution in [0.15, 0.2) is 59.5 Å². The molecule has 24 heavy (non-hydrogen) atoms. The molecule has 0 aliphatic heterocycles. The molecule has 5 heteroatoms.